The average molecular weight is 300 g/mol. The van der Waals surface area contributed by atoms with Crippen molar-refractivity contribution in [3.8, 4) is 0 Å². The van der Waals surface area contributed by atoms with Gasteiger partial charge in [0.1, 0.15) is 6.29 Å². The van der Waals surface area contributed by atoms with Crippen molar-refractivity contribution in [3.05, 3.63) is 23.8 Å². The van der Waals surface area contributed by atoms with Crippen molar-refractivity contribution < 1.29 is 4.79 Å². The van der Waals surface area contributed by atoms with Crippen molar-refractivity contribution in [1.82, 2.24) is 0 Å². The summed E-state index contributed by atoms with van der Waals surface area (Å²) in [5.74, 6) is 0. The van der Waals surface area contributed by atoms with Gasteiger partial charge >= 0.3 is 0 Å². The molecule has 80 valence electrons. The van der Waals surface area contributed by atoms with E-state index in [0.717, 1.165) is 11.9 Å². The highest BCUT2D eigenvalue weighted by Gasteiger charge is 2.27. The molecule has 0 bridgehead atoms. The molecule has 0 aromatic carbocycles. The van der Waals surface area contributed by atoms with Crippen molar-refractivity contribution in [2.75, 3.05) is 5.33 Å². The maximum atomic E-state index is 10.1. The van der Waals surface area contributed by atoms with E-state index in [9.17, 15) is 4.79 Å². The second-order valence-electron chi connectivity index (χ2n) is 3.22. The van der Waals surface area contributed by atoms with Crippen LogP contribution in [0.25, 0.3) is 0 Å². The third-order valence-corrected chi connectivity index (χ3v) is 4.29. The van der Waals surface area contributed by atoms with Crippen LogP contribution in [0.3, 0.4) is 0 Å². The summed E-state index contributed by atoms with van der Waals surface area (Å²) in [6.07, 6.45) is 5.79. The van der Waals surface area contributed by atoms with Gasteiger partial charge in [0, 0.05) is 5.33 Å². The Labute approximate surface area is 103 Å². The number of carbonyl (C=O) groups excluding carboxylic acids is 1. The number of hydrogen-bond acceptors (Lipinski definition) is 1. The minimum atomic E-state index is -0.514. The third kappa shape index (κ3) is 5.18. The molecule has 0 aromatic rings. The monoisotopic (exact) mass is 298 g/mol. The Hall–Kier alpha value is 0.210. The fraction of sp³-hybridized carbons (Fsp3) is 0.500. The van der Waals surface area contributed by atoms with Crippen LogP contribution in [0.1, 0.15) is 13.8 Å². The predicted octanol–water partition coefficient (Wildman–Crippen LogP) is 3.69. The lowest BCUT2D eigenvalue weighted by Gasteiger charge is -2.22. The Kier molecular flexibility index (Phi) is 6.75. The molecule has 0 spiro atoms. The van der Waals surface area contributed by atoms with Crippen molar-refractivity contribution in [2.45, 2.75) is 24.1 Å². The van der Waals surface area contributed by atoms with Gasteiger partial charge in [-0.1, -0.05) is 28.1 Å². The van der Waals surface area contributed by atoms with Gasteiger partial charge in [-0.15, -0.1) is 23.2 Å². The van der Waals surface area contributed by atoms with Crippen LogP contribution in [0.2, 0.25) is 0 Å². The Morgan fingerprint density at radius 3 is 2.64 bits per heavy atom. The fourth-order valence-corrected chi connectivity index (χ4v) is 1.43. The molecule has 0 rings (SSSR count). The number of alkyl halides is 3. The normalized spacial score (nSPS) is 19.4. The van der Waals surface area contributed by atoms with Crippen LogP contribution >= 0.6 is 39.1 Å². The van der Waals surface area contributed by atoms with Gasteiger partial charge in [-0.2, -0.15) is 0 Å². The lowest BCUT2D eigenvalue weighted by molar-refractivity contribution is -0.104. The number of allylic oxidation sites excluding steroid dienone is 4. The summed E-state index contributed by atoms with van der Waals surface area (Å²) in [5, 5.41) is 0.329. The molecule has 4 heteroatoms. The van der Waals surface area contributed by atoms with E-state index in [4.69, 9.17) is 23.2 Å². The Morgan fingerprint density at radius 1 is 1.64 bits per heavy atom. The molecule has 1 nitrogen and oxygen atoms in total. The molecule has 0 aliphatic rings. The SMILES string of the molecule is CC(/C=C/C(Cl)C(C)(Cl)CBr)=C\C=O. The number of aldehydes is 1. The first-order chi connectivity index (χ1) is 6.44. The average Bonchev–Trinajstić information content (AvgIpc) is 2.14. The maximum absolute atomic E-state index is 10.1. The van der Waals surface area contributed by atoms with Crippen LogP contribution in [0.15, 0.2) is 23.8 Å². The van der Waals surface area contributed by atoms with E-state index in [1.807, 2.05) is 13.8 Å². The van der Waals surface area contributed by atoms with Crippen molar-refractivity contribution in [2.24, 2.45) is 0 Å². The van der Waals surface area contributed by atoms with Crippen LogP contribution in [0.4, 0.5) is 0 Å². The van der Waals surface area contributed by atoms with Crippen LogP contribution < -0.4 is 0 Å². The molecule has 0 amide bonds. The lowest BCUT2D eigenvalue weighted by Crippen LogP contribution is -2.29. The molecule has 0 N–H and O–H groups in total. The van der Waals surface area contributed by atoms with E-state index in [1.54, 1.807) is 12.2 Å². The molecule has 0 fully saturated rings. The van der Waals surface area contributed by atoms with Gasteiger partial charge in [-0.25, -0.2) is 0 Å². The van der Waals surface area contributed by atoms with E-state index >= 15 is 0 Å². The summed E-state index contributed by atoms with van der Waals surface area (Å²) >= 11 is 15.5. The van der Waals surface area contributed by atoms with Crippen LogP contribution in [-0.2, 0) is 4.79 Å². The Bertz CT molecular complexity index is 247. The summed E-state index contributed by atoms with van der Waals surface area (Å²) in [4.78, 5) is 9.62. The second kappa shape index (κ2) is 6.65. The number of halogens is 3. The fourth-order valence-electron chi connectivity index (χ4n) is 0.673. The first-order valence-corrected chi connectivity index (χ1v) is 6.07. The number of carbonyl (C=O) groups is 1. The summed E-state index contributed by atoms with van der Waals surface area (Å²) in [7, 11) is 0. The zero-order valence-electron chi connectivity index (χ0n) is 8.14. The minimum Gasteiger partial charge on any atom is -0.299 e. The van der Waals surface area contributed by atoms with E-state index in [0.29, 0.717) is 5.33 Å². The van der Waals surface area contributed by atoms with Crippen LogP contribution in [0, 0.1) is 0 Å². The zero-order valence-corrected chi connectivity index (χ0v) is 11.2. The second-order valence-corrected chi connectivity index (χ2v) is 5.11. The van der Waals surface area contributed by atoms with Crippen molar-refractivity contribution in [3.63, 3.8) is 0 Å². The molecule has 0 aliphatic heterocycles. The zero-order chi connectivity index (χ0) is 11.2. The third-order valence-electron chi connectivity index (χ3n) is 1.70. The van der Waals surface area contributed by atoms with Gasteiger partial charge in [-0.3, -0.25) is 4.79 Å². The van der Waals surface area contributed by atoms with Crippen molar-refractivity contribution >= 4 is 45.4 Å². The first-order valence-electron chi connectivity index (χ1n) is 4.13. The molecule has 2 atom stereocenters. The van der Waals surface area contributed by atoms with Gasteiger partial charge in [0.15, 0.2) is 0 Å². The van der Waals surface area contributed by atoms with Crippen molar-refractivity contribution in [1.29, 1.82) is 0 Å². The highest BCUT2D eigenvalue weighted by molar-refractivity contribution is 9.09. The summed E-state index contributed by atoms with van der Waals surface area (Å²) in [6, 6.07) is 0. The van der Waals surface area contributed by atoms with Gasteiger partial charge in [0.2, 0.25) is 0 Å². The lowest BCUT2D eigenvalue weighted by atomic mass is 10.1. The van der Waals surface area contributed by atoms with E-state index in [1.165, 1.54) is 6.08 Å². The molecule has 0 saturated carbocycles. The summed E-state index contributed by atoms with van der Waals surface area (Å²) in [5.41, 5.74) is 0.854. The number of rotatable bonds is 5. The molecule has 0 aromatic heterocycles. The molecule has 0 heterocycles. The molecule has 0 radical (unpaired) electrons. The summed E-state index contributed by atoms with van der Waals surface area (Å²) < 4.78 is 0. The topological polar surface area (TPSA) is 17.1 Å². The highest BCUT2D eigenvalue weighted by atomic mass is 79.9. The van der Waals surface area contributed by atoms with E-state index in [2.05, 4.69) is 15.9 Å². The molecule has 14 heavy (non-hydrogen) atoms. The Balaban J connectivity index is 4.38. The highest BCUT2D eigenvalue weighted by Crippen LogP contribution is 2.27. The molecule has 0 saturated heterocycles. The molecular weight excluding hydrogens is 287 g/mol. The maximum Gasteiger partial charge on any atom is 0.143 e. The molecule has 0 aliphatic carbocycles. The van der Waals surface area contributed by atoms with Crippen LogP contribution in [0.5, 0.6) is 0 Å². The van der Waals surface area contributed by atoms with Crippen LogP contribution in [-0.4, -0.2) is 21.9 Å². The largest absolute Gasteiger partial charge is 0.299 e. The predicted molar refractivity (Wildman–Crippen MR) is 66.7 cm³/mol. The van der Waals surface area contributed by atoms with Gasteiger partial charge in [-0.05, 0) is 25.5 Å². The van der Waals surface area contributed by atoms with E-state index < -0.39 is 4.87 Å². The Morgan fingerprint density at radius 2 is 2.21 bits per heavy atom. The quantitative estimate of drug-likeness (QED) is 0.327. The van der Waals surface area contributed by atoms with E-state index in [-0.39, 0.29) is 5.38 Å². The standard InChI is InChI=1S/C10H13BrCl2O/c1-8(5-6-14)3-4-9(12)10(2,13)7-11/h3-6,9H,7H2,1-2H3/b4-3+,8-5+. The molecular formula is C10H13BrCl2O. The molecule has 2 unspecified atom stereocenters. The minimum absolute atomic E-state index is 0.279. The van der Waals surface area contributed by atoms with Gasteiger partial charge < -0.3 is 0 Å². The summed E-state index contributed by atoms with van der Waals surface area (Å²) in [6.45, 7) is 3.68. The number of hydrogen-bond donors (Lipinski definition) is 0. The smallest absolute Gasteiger partial charge is 0.143 e. The first kappa shape index (κ1) is 14.2. The van der Waals surface area contributed by atoms with Gasteiger partial charge in [0.25, 0.3) is 0 Å². The van der Waals surface area contributed by atoms with Gasteiger partial charge in [0.05, 0.1) is 10.3 Å².